The van der Waals surface area contributed by atoms with Crippen LogP contribution in [-0.4, -0.2) is 31.0 Å². The van der Waals surface area contributed by atoms with Crippen molar-refractivity contribution in [1.82, 2.24) is 31.1 Å². The smallest absolute Gasteiger partial charge is 0.269 e. The first-order valence-corrected chi connectivity index (χ1v) is 5.97. The van der Waals surface area contributed by atoms with E-state index in [1.54, 1.807) is 0 Å². The number of benzene rings is 1. The van der Waals surface area contributed by atoms with Crippen molar-refractivity contribution in [3.63, 3.8) is 0 Å². The number of hydrogen-bond acceptors (Lipinski definition) is 8. The molecule has 0 saturated heterocycles. The molecule has 0 bridgehead atoms. The van der Waals surface area contributed by atoms with Gasteiger partial charge >= 0.3 is 0 Å². The third kappa shape index (κ3) is 3.75. The van der Waals surface area contributed by atoms with E-state index in [-0.39, 0.29) is 18.2 Å². The minimum atomic E-state index is -0.501. The molecule has 2 aromatic rings. The van der Waals surface area contributed by atoms with Gasteiger partial charge in [-0.25, -0.2) is 0 Å². The molecular weight excluding hydrogens is 292 g/mol. The van der Waals surface area contributed by atoms with Crippen molar-refractivity contribution in [2.75, 3.05) is 5.73 Å². The molecule has 0 aliphatic carbocycles. The molecule has 1 amide bonds. The molecule has 1 aromatic carbocycles. The number of carbonyl (C=O) groups is 1. The third-order valence-corrected chi connectivity index (χ3v) is 2.53. The molecule has 0 atom stereocenters. The van der Waals surface area contributed by atoms with Gasteiger partial charge in [-0.05, 0) is 22.9 Å². The van der Waals surface area contributed by atoms with E-state index >= 15 is 0 Å². The second-order valence-corrected chi connectivity index (χ2v) is 4.13. The van der Waals surface area contributed by atoms with Crippen molar-refractivity contribution < 1.29 is 9.72 Å². The van der Waals surface area contributed by atoms with Crippen molar-refractivity contribution in [3.05, 3.63) is 46.5 Å². The topological polar surface area (TPSA) is 154 Å². The number of nitrogens with two attached hydrogens (primary N) is 1. The van der Waals surface area contributed by atoms with E-state index in [1.807, 2.05) is 0 Å². The van der Waals surface area contributed by atoms with E-state index < -0.39 is 10.8 Å². The van der Waals surface area contributed by atoms with Crippen LogP contribution in [-0.2, 0) is 11.3 Å². The highest BCUT2D eigenvalue weighted by Gasteiger charge is 2.08. The van der Waals surface area contributed by atoms with E-state index in [9.17, 15) is 14.9 Å². The van der Waals surface area contributed by atoms with Gasteiger partial charge in [-0.3, -0.25) is 25.8 Å². The molecule has 0 aliphatic rings. The summed E-state index contributed by atoms with van der Waals surface area (Å²) in [5.41, 5.74) is 11.2. The SMILES string of the molecule is C=C(NNC(=O)Cn1nnc(N)n1)c1ccc([N+](=O)[O-])cc1. The number of aromatic nitrogens is 4. The number of nitro groups is 1. The number of amides is 1. The average molecular weight is 304 g/mol. The Morgan fingerprint density at radius 2 is 2.05 bits per heavy atom. The van der Waals surface area contributed by atoms with Crippen LogP contribution in [0.1, 0.15) is 5.56 Å². The molecule has 0 radical (unpaired) electrons. The summed E-state index contributed by atoms with van der Waals surface area (Å²) in [6.07, 6.45) is 0. The number of tetrazole rings is 1. The Balaban J connectivity index is 1.86. The summed E-state index contributed by atoms with van der Waals surface area (Å²) in [7, 11) is 0. The van der Waals surface area contributed by atoms with Crippen molar-refractivity contribution in [2.45, 2.75) is 6.54 Å². The van der Waals surface area contributed by atoms with E-state index in [1.165, 1.54) is 24.3 Å². The Kier molecular flexibility index (Phi) is 4.27. The molecule has 114 valence electrons. The molecule has 2 rings (SSSR count). The van der Waals surface area contributed by atoms with Crippen LogP contribution in [0.2, 0.25) is 0 Å². The highest BCUT2D eigenvalue weighted by Crippen LogP contribution is 2.15. The number of nitrogens with one attached hydrogen (secondary N) is 2. The lowest BCUT2D eigenvalue weighted by Gasteiger charge is -2.10. The molecular formula is C11H12N8O3. The molecule has 0 aliphatic heterocycles. The summed E-state index contributed by atoms with van der Waals surface area (Å²) in [4.78, 5) is 22.7. The van der Waals surface area contributed by atoms with Gasteiger partial charge in [-0.2, -0.15) is 4.80 Å². The van der Waals surface area contributed by atoms with Gasteiger partial charge in [0.05, 0.1) is 10.6 Å². The third-order valence-electron chi connectivity index (χ3n) is 2.53. The summed E-state index contributed by atoms with van der Waals surface area (Å²) < 4.78 is 0. The Labute approximate surface area is 123 Å². The first-order chi connectivity index (χ1) is 10.5. The van der Waals surface area contributed by atoms with Crippen molar-refractivity contribution in [3.8, 4) is 0 Å². The monoisotopic (exact) mass is 304 g/mol. The number of carbonyl (C=O) groups excluding carboxylic acids is 1. The molecule has 4 N–H and O–H groups in total. The van der Waals surface area contributed by atoms with Crippen molar-refractivity contribution in [1.29, 1.82) is 0 Å². The fourth-order valence-corrected chi connectivity index (χ4v) is 1.49. The maximum Gasteiger partial charge on any atom is 0.269 e. The fourth-order valence-electron chi connectivity index (χ4n) is 1.49. The van der Waals surface area contributed by atoms with Crippen LogP contribution in [0.3, 0.4) is 0 Å². The molecule has 1 aromatic heterocycles. The Morgan fingerprint density at radius 3 is 2.59 bits per heavy atom. The van der Waals surface area contributed by atoms with Gasteiger partial charge in [0.15, 0.2) is 0 Å². The van der Waals surface area contributed by atoms with Gasteiger partial charge in [-0.15, -0.1) is 5.10 Å². The molecule has 11 heteroatoms. The van der Waals surface area contributed by atoms with E-state index in [0.29, 0.717) is 11.3 Å². The van der Waals surface area contributed by atoms with E-state index in [2.05, 4.69) is 32.8 Å². The van der Waals surface area contributed by atoms with E-state index in [4.69, 9.17) is 5.73 Å². The predicted octanol–water partition coefficient (Wildman–Crippen LogP) is -0.545. The number of nitro benzene ring substituents is 1. The second kappa shape index (κ2) is 6.30. The number of nitrogens with zero attached hydrogens (tertiary/aromatic N) is 5. The van der Waals surface area contributed by atoms with Crippen LogP contribution in [0, 0.1) is 10.1 Å². The first-order valence-electron chi connectivity index (χ1n) is 5.97. The quantitative estimate of drug-likeness (QED) is 0.474. The van der Waals surface area contributed by atoms with Gasteiger partial charge in [0.25, 0.3) is 17.5 Å². The number of non-ortho nitro benzene ring substituents is 1. The summed E-state index contributed by atoms with van der Waals surface area (Å²) in [6.45, 7) is 3.54. The minimum Gasteiger partial charge on any atom is -0.365 e. The van der Waals surface area contributed by atoms with Gasteiger partial charge in [0.2, 0.25) is 0 Å². The number of nitrogen functional groups attached to an aromatic ring is 1. The van der Waals surface area contributed by atoms with Crippen LogP contribution in [0.15, 0.2) is 30.8 Å². The maximum atomic E-state index is 11.6. The van der Waals surface area contributed by atoms with Gasteiger partial charge in [0, 0.05) is 12.1 Å². The van der Waals surface area contributed by atoms with Crippen LogP contribution >= 0.6 is 0 Å². The van der Waals surface area contributed by atoms with Gasteiger partial charge in [-0.1, -0.05) is 11.7 Å². The standard InChI is InChI=1S/C11H12N8O3/c1-7(8-2-4-9(5-3-8)19(21)22)13-14-10(20)6-18-16-11(12)15-17-18/h2-5,13H,1,6H2,(H2,12,16)(H,14,20). The molecule has 11 nitrogen and oxygen atoms in total. The maximum absolute atomic E-state index is 11.6. The zero-order chi connectivity index (χ0) is 16.1. The second-order valence-electron chi connectivity index (χ2n) is 4.13. The lowest BCUT2D eigenvalue weighted by Crippen LogP contribution is -2.38. The minimum absolute atomic E-state index is 0.0314. The molecule has 22 heavy (non-hydrogen) atoms. The Bertz CT molecular complexity index is 708. The largest absolute Gasteiger partial charge is 0.365 e. The zero-order valence-electron chi connectivity index (χ0n) is 11.3. The Morgan fingerprint density at radius 1 is 1.36 bits per heavy atom. The highest BCUT2D eigenvalue weighted by molar-refractivity contribution is 5.76. The summed E-state index contributed by atoms with van der Waals surface area (Å²) >= 11 is 0. The lowest BCUT2D eigenvalue weighted by atomic mass is 10.1. The molecule has 0 unspecified atom stereocenters. The van der Waals surface area contributed by atoms with Crippen molar-refractivity contribution in [2.24, 2.45) is 0 Å². The molecule has 0 fully saturated rings. The normalized spacial score (nSPS) is 10.0. The highest BCUT2D eigenvalue weighted by atomic mass is 16.6. The first kappa shape index (κ1) is 14.9. The molecule has 1 heterocycles. The van der Waals surface area contributed by atoms with Crippen LogP contribution < -0.4 is 16.6 Å². The van der Waals surface area contributed by atoms with Crippen LogP contribution in [0.25, 0.3) is 5.70 Å². The average Bonchev–Trinajstić information content (AvgIpc) is 2.90. The van der Waals surface area contributed by atoms with Gasteiger partial charge in [0.1, 0.15) is 6.54 Å². The van der Waals surface area contributed by atoms with Gasteiger partial charge < -0.3 is 5.73 Å². The predicted molar refractivity (Wildman–Crippen MR) is 75.6 cm³/mol. The summed E-state index contributed by atoms with van der Waals surface area (Å²) in [5, 5.41) is 21.2. The number of rotatable bonds is 6. The number of anilines is 1. The Hall–Kier alpha value is -3.50. The molecule has 0 spiro atoms. The summed E-state index contributed by atoms with van der Waals surface area (Å²) in [5.74, 6) is -0.475. The number of hydrazine groups is 1. The van der Waals surface area contributed by atoms with Crippen LogP contribution in [0.4, 0.5) is 11.6 Å². The van der Waals surface area contributed by atoms with Crippen LogP contribution in [0.5, 0.6) is 0 Å². The summed E-state index contributed by atoms with van der Waals surface area (Å²) in [6, 6.07) is 5.71. The lowest BCUT2D eigenvalue weighted by molar-refractivity contribution is -0.384. The number of hydrogen-bond donors (Lipinski definition) is 3. The fraction of sp³-hybridized carbons (Fsp3) is 0.0909. The van der Waals surface area contributed by atoms with E-state index in [0.717, 1.165) is 4.80 Å². The molecule has 0 saturated carbocycles. The van der Waals surface area contributed by atoms with Crippen molar-refractivity contribution >= 4 is 23.2 Å². The zero-order valence-corrected chi connectivity index (χ0v) is 11.3.